The van der Waals surface area contributed by atoms with E-state index in [1.807, 2.05) is 30.3 Å². The van der Waals surface area contributed by atoms with Crippen LogP contribution < -0.4 is 5.73 Å². The topological polar surface area (TPSA) is 26.0 Å². The third kappa shape index (κ3) is 3.39. The first-order valence-corrected chi connectivity index (χ1v) is 6.68. The summed E-state index contributed by atoms with van der Waals surface area (Å²) in [7, 11) is 0. The molecule has 0 aliphatic rings. The van der Waals surface area contributed by atoms with E-state index in [4.69, 9.17) is 28.9 Å². The minimum atomic E-state index is 0.551. The molecule has 0 atom stereocenters. The van der Waals surface area contributed by atoms with Gasteiger partial charge in [-0.2, -0.15) is 0 Å². The largest absolute Gasteiger partial charge is 0.326 e. The molecule has 0 aromatic heterocycles. The Labute approximate surface area is 115 Å². The van der Waals surface area contributed by atoms with Gasteiger partial charge in [-0.25, -0.2) is 0 Å². The van der Waals surface area contributed by atoms with Crippen LogP contribution >= 0.6 is 35.0 Å². The van der Waals surface area contributed by atoms with E-state index >= 15 is 0 Å². The van der Waals surface area contributed by atoms with Crippen molar-refractivity contribution in [3.8, 4) is 0 Å². The van der Waals surface area contributed by atoms with Crippen LogP contribution in [-0.4, -0.2) is 0 Å². The predicted octanol–water partition coefficient (Wildman–Crippen LogP) is 4.60. The number of rotatable bonds is 3. The van der Waals surface area contributed by atoms with Crippen molar-refractivity contribution in [3.63, 3.8) is 0 Å². The van der Waals surface area contributed by atoms with E-state index < -0.39 is 0 Å². The lowest BCUT2D eigenvalue weighted by Crippen LogP contribution is -1.95. The molecule has 2 aromatic rings. The van der Waals surface area contributed by atoms with Crippen molar-refractivity contribution in [1.82, 2.24) is 0 Å². The zero-order valence-electron chi connectivity index (χ0n) is 8.99. The Hall–Kier alpha value is -0.670. The summed E-state index contributed by atoms with van der Waals surface area (Å²) in [5.41, 5.74) is 6.73. The maximum Gasteiger partial charge on any atom is 0.0603 e. The molecule has 2 rings (SSSR count). The lowest BCUT2D eigenvalue weighted by atomic mass is 10.2. The summed E-state index contributed by atoms with van der Waals surface area (Å²) >= 11 is 13.5. The summed E-state index contributed by atoms with van der Waals surface area (Å²) in [6.45, 7) is 0.551. The van der Waals surface area contributed by atoms with E-state index in [-0.39, 0.29) is 0 Å². The fourth-order valence-corrected chi connectivity index (χ4v) is 2.72. The molecule has 0 fully saturated rings. The molecule has 0 saturated carbocycles. The van der Waals surface area contributed by atoms with E-state index in [9.17, 15) is 0 Å². The van der Waals surface area contributed by atoms with Crippen molar-refractivity contribution in [2.45, 2.75) is 16.3 Å². The molecule has 0 radical (unpaired) electrons. The highest BCUT2D eigenvalue weighted by Gasteiger charge is 2.02. The van der Waals surface area contributed by atoms with Gasteiger partial charge in [-0.1, -0.05) is 47.1 Å². The van der Waals surface area contributed by atoms with Crippen molar-refractivity contribution >= 4 is 35.0 Å². The monoisotopic (exact) mass is 283 g/mol. The third-order valence-electron chi connectivity index (χ3n) is 2.26. The molecule has 0 aliphatic heterocycles. The first-order chi connectivity index (χ1) is 8.19. The zero-order chi connectivity index (χ0) is 12.3. The third-order valence-corrected chi connectivity index (χ3v) is 3.98. The van der Waals surface area contributed by atoms with Gasteiger partial charge in [0.1, 0.15) is 0 Å². The van der Waals surface area contributed by atoms with Gasteiger partial charge in [0, 0.05) is 16.3 Å². The molecular weight excluding hydrogens is 273 g/mol. The highest BCUT2D eigenvalue weighted by Crippen LogP contribution is 2.32. The molecule has 2 N–H and O–H groups in total. The van der Waals surface area contributed by atoms with E-state index in [0.29, 0.717) is 16.6 Å². The van der Waals surface area contributed by atoms with E-state index in [0.717, 1.165) is 15.4 Å². The van der Waals surface area contributed by atoms with Crippen LogP contribution in [0.2, 0.25) is 10.0 Å². The first-order valence-electron chi connectivity index (χ1n) is 5.11. The average Bonchev–Trinajstić information content (AvgIpc) is 2.34. The standard InChI is InChI=1S/C13H11Cl2NS/c14-12-5-4-11(7-13(12)15)17-10-3-1-2-9(6-10)8-16/h1-7H,8,16H2. The first kappa shape index (κ1) is 12.8. The summed E-state index contributed by atoms with van der Waals surface area (Å²) < 4.78 is 0. The fourth-order valence-electron chi connectivity index (χ4n) is 1.41. The van der Waals surface area contributed by atoms with Gasteiger partial charge in [-0.15, -0.1) is 0 Å². The molecule has 0 heterocycles. The summed E-state index contributed by atoms with van der Waals surface area (Å²) in [5, 5.41) is 1.15. The molecule has 0 amide bonds. The molecular formula is C13H11Cl2NS. The maximum absolute atomic E-state index is 5.97. The van der Waals surface area contributed by atoms with Crippen LogP contribution in [0.1, 0.15) is 5.56 Å². The van der Waals surface area contributed by atoms with Crippen LogP contribution in [-0.2, 0) is 6.54 Å². The van der Waals surface area contributed by atoms with Gasteiger partial charge in [0.25, 0.3) is 0 Å². The molecule has 0 aliphatic carbocycles. The molecule has 0 saturated heterocycles. The zero-order valence-corrected chi connectivity index (χ0v) is 11.3. The number of halogens is 2. The number of hydrogen-bond acceptors (Lipinski definition) is 2. The van der Waals surface area contributed by atoms with Crippen molar-refractivity contribution in [2.75, 3.05) is 0 Å². The normalized spacial score (nSPS) is 10.5. The van der Waals surface area contributed by atoms with Crippen molar-refractivity contribution in [3.05, 3.63) is 58.1 Å². The van der Waals surface area contributed by atoms with Gasteiger partial charge in [0.2, 0.25) is 0 Å². The van der Waals surface area contributed by atoms with Gasteiger partial charge in [-0.05, 0) is 35.9 Å². The lowest BCUT2D eigenvalue weighted by Gasteiger charge is -2.05. The highest BCUT2D eigenvalue weighted by molar-refractivity contribution is 7.99. The molecule has 88 valence electrons. The minimum Gasteiger partial charge on any atom is -0.326 e. The van der Waals surface area contributed by atoms with Gasteiger partial charge in [-0.3, -0.25) is 0 Å². The Morgan fingerprint density at radius 3 is 2.41 bits per heavy atom. The van der Waals surface area contributed by atoms with Crippen LogP contribution in [0, 0.1) is 0 Å². The summed E-state index contributed by atoms with van der Waals surface area (Å²) in [6.07, 6.45) is 0. The van der Waals surface area contributed by atoms with Crippen molar-refractivity contribution < 1.29 is 0 Å². The maximum atomic E-state index is 5.97. The average molecular weight is 284 g/mol. The Morgan fingerprint density at radius 2 is 1.71 bits per heavy atom. The second-order valence-electron chi connectivity index (χ2n) is 3.53. The van der Waals surface area contributed by atoms with Crippen molar-refractivity contribution in [2.24, 2.45) is 5.73 Å². The quantitative estimate of drug-likeness (QED) is 0.891. The molecule has 0 spiro atoms. The van der Waals surface area contributed by atoms with Gasteiger partial charge in [0.15, 0.2) is 0 Å². The molecule has 0 unspecified atom stereocenters. The van der Waals surface area contributed by atoms with E-state index in [1.54, 1.807) is 17.8 Å². The summed E-state index contributed by atoms with van der Waals surface area (Å²) in [6, 6.07) is 13.8. The second kappa shape index (κ2) is 5.78. The molecule has 0 bridgehead atoms. The van der Waals surface area contributed by atoms with Crippen LogP contribution in [0.5, 0.6) is 0 Å². The Balaban J connectivity index is 2.22. The Morgan fingerprint density at radius 1 is 0.941 bits per heavy atom. The SMILES string of the molecule is NCc1cccc(Sc2ccc(Cl)c(Cl)c2)c1. The van der Waals surface area contributed by atoms with Gasteiger partial charge < -0.3 is 5.73 Å². The molecule has 4 heteroatoms. The van der Waals surface area contributed by atoms with Crippen LogP contribution in [0.25, 0.3) is 0 Å². The summed E-state index contributed by atoms with van der Waals surface area (Å²) in [4.78, 5) is 2.21. The van der Waals surface area contributed by atoms with E-state index in [2.05, 4.69) is 6.07 Å². The number of nitrogens with two attached hydrogens (primary N) is 1. The number of benzene rings is 2. The highest BCUT2D eigenvalue weighted by atomic mass is 35.5. The lowest BCUT2D eigenvalue weighted by molar-refractivity contribution is 1.06. The Kier molecular flexibility index (Phi) is 4.35. The summed E-state index contributed by atoms with van der Waals surface area (Å²) in [5.74, 6) is 0. The van der Waals surface area contributed by atoms with Crippen LogP contribution in [0.15, 0.2) is 52.3 Å². The molecule has 1 nitrogen and oxygen atoms in total. The van der Waals surface area contributed by atoms with Crippen LogP contribution in [0.3, 0.4) is 0 Å². The van der Waals surface area contributed by atoms with Gasteiger partial charge >= 0.3 is 0 Å². The predicted molar refractivity (Wildman–Crippen MR) is 74.9 cm³/mol. The second-order valence-corrected chi connectivity index (χ2v) is 5.49. The smallest absolute Gasteiger partial charge is 0.0603 e. The molecule has 2 aromatic carbocycles. The fraction of sp³-hybridized carbons (Fsp3) is 0.0769. The molecule has 17 heavy (non-hydrogen) atoms. The van der Waals surface area contributed by atoms with E-state index in [1.165, 1.54) is 0 Å². The Bertz CT molecular complexity index is 529. The minimum absolute atomic E-state index is 0.551. The van der Waals surface area contributed by atoms with Gasteiger partial charge in [0.05, 0.1) is 10.0 Å². The van der Waals surface area contributed by atoms with Crippen molar-refractivity contribution in [1.29, 1.82) is 0 Å². The number of hydrogen-bond donors (Lipinski definition) is 1. The van der Waals surface area contributed by atoms with Crippen LogP contribution in [0.4, 0.5) is 0 Å².